The molecular formula is C21H22N2O4. The van der Waals surface area contributed by atoms with Crippen molar-refractivity contribution < 1.29 is 19.5 Å². The Morgan fingerprint density at radius 2 is 1.78 bits per heavy atom. The minimum absolute atomic E-state index is 0.320. The molecule has 2 aliphatic heterocycles. The molecule has 2 heterocycles. The third kappa shape index (κ3) is 2.26. The number of carboxylic acid groups (broad SMARTS) is 1. The minimum atomic E-state index is -1.47. The maximum Gasteiger partial charge on any atom is 0.325 e. The number of likely N-dealkylation sites (tertiary alicyclic amines) is 1. The summed E-state index contributed by atoms with van der Waals surface area (Å²) in [5.41, 5.74) is -0.651. The number of aliphatic carboxylic acids is 1. The lowest BCUT2D eigenvalue weighted by Crippen LogP contribution is -2.59. The smallest absolute Gasteiger partial charge is 0.325 e. The van der Waals surface area contributed by atoms with E-state index in [1.165, 1.54) is 7.05 Å². The number of benzene rings is 2. The fraction of sp³-hybridized carbons (Fsp3) is 0.381. The second kappa shape index (κ2) is 5.89. The molecule has 2 amide bonds. The molecule has 4 unspecified atom stereocenters. The van der Waals surface area contributed by atoms with Crippen LogP contribution < -0.4 is 5.32 Å². The van der Waals surface area contributed by atoms with Crippen LogP contribution in [0.15, 0.2) is 42.5 Å². The molecule has 2 fully saturated rings. The molecule has 6 heteroatoms. The predicted molar refractivity (Wildman–Crippen MR) is 99.8 cm³/mol. The van der Waals surface area contributed by atoms with Crippen LogP contribution in [0, 0.1) is 17.8 Å². The van der Waals surface area contributed by atoms with Gasteiger partial charge in [0.2, 0.25) is 11.8 Å². The maximum atomic E-state index is 12.8. The van der Waals surface area contributed by atoms with Gasteiger partial charge in [0.1, 0.15) is 5.54 Å². The van der Waals surface area contributed by atoms with E-state index in [1.54, 1.807) is 13.8 Å². The molecule has 4 rings (SSSR count). The average Bonchev–Trinajstić information content (AvgIpc) is 3.12. The number of nitrogens with one attached hydrogen (secondary N) is 1. The van der Waals surface area contributed by atoms with Crippen LogP contribution in [-0.4, -0.2) is 40.4 Å². The first-order valence-corrected chi connectivity index (χ1v) is 9.10. The Morgan fingerprint density at radius 1 is 1.11 bits per heavy atom. The van der Waals surface area contributed by atoms with Crippen molar-refractivity contribution >= 4 is 28.6 Å². The van der Waals surface area contributed by atoms with E-state index in [9.17, 15) is 19.5 Å². The van der Waals surface area contributed by atoms with Crippen molar-refractivity contribution in [2.75, 3.05) is 7.05 Å². The Balaban J connectivity index is 1.89. The molecule has 2 aromatic carbocycles. The monoisotopic (exact) mass is 366 g/mol. The zero-order chi connectivity index (χ0) is 19.5. The number of hydrogen-bond donors (Lipinski definition) is 2. The number of fused-ring (bicyclic) bond motifs is 2. The van der Waals surface area contributed by atoms with Crippen LogP contribution in [0.5, 0.6) is 0 Å². The van der Waals surface area contributed by atoms with Crippen molar-refractivity contribution in [1.29, 1.82) is 0 Å². The lowest BCUT2D eigenvalue weighted by Gasteiger charge is -2.34. The van der Waals surface area contributed by atoms with Gasteiger partial charge in [-0.1, -0.05) is 50.2 Å². The lowest BCUT2D eigenvalue weighted by atomic mass is 9.73. The Bertz CT molecular complexity index is 970. The highest BCUT2D eigenvalue weighted by molar-refractivity contribution is 6.09. The molecular weight excluding hydrogens is 344 g/mol. The third-order valence-corrected chi connectivity index (χ3v) is 6.21. The van der Waals surface area contributed by atoms with Crippen molar-refractivity contribution in [3.63, 3.8) is 0 Å². The molecule has 0 spiro atoms. The van der Waals surface area contributed by atoms with Crippen molar-refractivity contribution in [1.82, 2.24) is 10.2 Å². The average molecular weight is 366 g/mol. The van der Waals surface area contributed by atoms with E-state index in [0.717, 1.165) is 21.2 Å². The quantitative estimate of drug-likeness (QED) is 0.813. The topological polar surface area (TPSA) is 86.7 Å². The number of imide groups is 1. The van der Waals surface area contributed by atoms with Crippen molar-refractivity contribution in [3.05, 3.63) is 48.0 Å². The fourth-order valence-electron chi connectivity index (χ4n) is 4.75. The van der Waals surface area contributed by atoms with E-state index in [0.29, 0.717) is 0 Å². The standard InChI is InChI=1S/C21H22N2O4/c1-11(2)21(20(26)27)16-15(18(24)23(3)19(16)25)17(22-21)14-9-8-12-6-4-5-7-13(12)10-14/h4-11,15-17,22H,1-3H3,(H,26,27). The number of rotatable bonds is 3. The summed E-state index contributed by atoms with van der Waals surface area (Å²) in [6, 6.07) is 13.2. The number of carbonyl (C=O) groups excluding carboxylic acids is 2. The molecule has 27 heavy (non-hydrogen) atoms. The summed E-state index contributed by atoms with van der Waals surface area (Å²) in [5, 5.41) is 15.3. The van der Waals surface area contributed by atoms with E-state index in [4.69, 9.17) is 0 Å². The number of carboxylic acids is 1. The molecule has 0 saturated carbocycles. The van der Waals surface area contributed by atoms with Crippen LogP contribution in [-0.2, 0) is 14.4 Å². The number of carbonyl (C=O) groups is 3. The Kier molecular flexibility index (Phi) is 3.85. The first-order chi connectivity index (χ1) is 12.8. The van der Waals surface area contributed by atoms with E-state index in [2.05, 4.69) is 5.32 Å². The van der Waals surface area contributed by atoms with Gasteiger partial charge in [-0.3, -0.25) is 24.6 Å². The van der Waals surface area contributed by atoms with Gasteiger partial charge in [0.05, 0.1) is 11.8 Å². The van der Waals surface area contributed by atoms with Gasteiger partial charge in [0.15, 0.2) is 0 Å². The first kappa shape index (κ1) is 17.7. The van der Waals surface area contributed by atoms with E-state index in [1.807, 2.05) is 42.5 Å². The molecule has 2 saturated heterocycles. The summed E-state index contributed by atoms with van der Waals surface area (Å²) in [6.45, 7) is 3.55. The van der Waals surface area contributed by atoms with Gasteiger partial charge in [-0.2, -0.15) is 0 Å². The molecule has 0 aromatic heterocycles. The maximum absolute atomic E-state index is 12.8. The van der Waals surface area contributed by atoms with Gasteiger partial charge in [-0.25, -0.2) is 0 Å². The molecule has 2 N–H and O–H groups in total. The Hall–Kier alpha value is -2.73. The van der Waals surface area contributed by atoms with E-state index < -0.39 is 35.3 Å². The summed E-state index contributed by atoms with van der Waals surface area (Å²) in [5.74, 6) is -3.83. The van der Waals surface area contributed by atoms with E-state index >= 15 is 0 Å². The SMILES string of the molecule is CC(C)C1(C(=O)O)NC(c2ccc3ccccc3c2)C2C(=O)N(C)C(=O)C21. The van der Waals surface area contributed by atoms with E-state index in [-0.39, 0.29) is 11.8 Å². The summed E-state index contributed by atoms with van der Waals surface area (Å²) >= 11 is 0. The number of nitrogens with zero attached hydrogens (tertiary/aromatic N) is 1. The summed E-state index contributed by atoms with van der Waals surface area (Å²) < 4.78 is 0. The zero-order valence-corrected chi connectivity index (χ0v) is 15.5. The first-order valence-electron chi connectivity index (χ1n) is 9.10. The summed E-state index contributed by atoms with van der Waals surface area (Å²) in [7, 11) is 1.44. The number of amides is 2. The van der Waals surface area contributed by atoms with Crippen LogP contribution in [0.4, 0.5) is 0 Å². The summed E-state index contributed by atoms with van der Waals surface area (Å²) in [6.07, 6.45) is 0. The van der Waals surface area contributed by atoms with Gasteiger partial charge in [-0.05, 0) is 28.3 Å². The van der Waals surface area contributed by atoms with Gasteiger partial charge in [-0.15, -0.1) is 0 Å². The summed E-state index contributed by atoms with van der Waals surface area (Å²) in [4.78, 5) is 39.1. The largest absolute Gasteiger partial charge is 0.480 e. The van der Waals surface area contributed by atoms with Crippen LogP contribution in [0.2, 0.25) is 0 Å². The van der Waals surface area contributed by atoms with Crippen molar-refractivity contribution in [2.24, 2.45) is 17.8 Å². The molecule has 6 nitrogen and oxygen atoms in total. The van der Waals surface area contributed by atoms with Crippen molar-refractivity contribution in [3.8, 4) is 0 Å². The zero-order valence-electron chi connectivity index (χ0n) is 15.5. The molecule has 2 aliphatic rings. The molecule has 0 aliphatic carbocycles. The molecule has 0 bridgehead atoms. The highest BCUT2D eigenvalue weighted by atomic mass is 16.4. The molecule has 2 aromatic rings. The highest BCUT2D eigenvalue weighted by Gasteiger charge is 2.68. The van der Waals surface area contributed by atoms with Crippen LogP contribution in [0.3, 0.4) is 0 Å². The lowest BCUT2D eigenvalue weighted by molar-refractivity contribution is -0.153. The van der Waals surface area contributed by atoms with Gasteiger partial charge in [0.25, 0.3) is 0 Å². The van der Waals surface area contributed by atoms with Gasteiger partial charge < -0.3 is 5.11 Å². The predicted octanol–water partition coefficient (Wildman–Crippen LogP) is 2.19. The van der Waals surface area contributed by atoms with Crippen LogP contribution >= 0.6 is 0 Å². The third-order valence-electron chi connectivity index (χ3n) is 6.21. The second-order valence-electron chi connectivity index (χ2n) is 7.80. The fourth-order valence-corrected chi connectivity index (χ4v) is 4.75. The van der Waals surface area contributed by atoms with Crippen molar-refractivity contribution in [2.45, 2.75) is 25.4 Å². The normalized spacial score (nSPS) is 30.4. The highest BCUT2D eigenvalue weighted by Crippen LogP contribution is 2.51. The minimum Gasteiger partial charge on any atom is -0.480 e. The van der Waals surface area contributed by atoms with Gasteiger partial charge >= 0.3 is 5.97 Å². The number of hydrogen-bond acceptors (Lipinski definition) is 4. The second-order valence-corrected chi connectivity index (χ2v) is 7.80. The Labute approximate surface area is 157 Å². The molecule has 0 radical (unpaired) electrons. The molecule has 140 valence electrons. The Morgan fingerprint density at radius 3 is 2.41 bits per heavy atom. The molecule has 4 atom stereocenters. The van der Waals surface area contributed by atoms with Crippen LogP contribution in [0.1, 0.15) is 25.5 Å². The van der Waals surface area contributed by atoms with Gasteiger partial charge in [0, 0.05) is 13.1 Å². The van der Waals surface area contributed by atoms with Crippen LogP contribution in [0.25, 0.3) is 10.8 Å².